The first-order valence-electron chi connectivity index (χ1n) is 7.18. The number of hydroxylamine groups is 1. The Hall–Kier alpha value is -1.31. The van der Waals surface area contributed by atoms with Gasteiger partial charge in [0.05, 0.1) is 0 Å². The molecule has 1 aliphatic carbocycles. The molecule has 2 fully saturated rings. The second kappa shape index (κ2) is 6.64. The van der Waals surface area contributed by atoms with Gasteiger partial charge >= 0.3 is 6.18 Å². The molecule has 1 N–H and O–H groups in total. The van der Waals surface area contributed by atoms with Gasteiger partial charge in [0.2, 0.25) is 5.91 Å². The lowest BCUT2D eigenvalue weighted by Crippen LogP contribution is -2.50. The average Bonchev–Trinajstić information content (AvgIpc) is 2.92. The molecule has 0 radical (unpaired) electrons. The second-order valence-corrected chi connectivity index (χ2v) is 5.57. The number of hydrogen-bond donors (Lipinski definition) is 1. The Morgan fingerprint density at radius 2 is 1.90 bits per heavy atom. The van der Waals surface area contributed by atoms with Gasteiger partial charge in [-0.25, -0.2) is 5.48 Å². The fourth-order valence-electron chi connectivity index (χ4n) is 2.79. The highest BCUT2D eigenvalue weighted by molar-refractivity contribution is 5.82. The normalized spacial score (nSPS) is 24.4. The third-order valence-electron chi connectivity index (χ3n) is 3.88. The second-order valence-electron chi connectivity index (χ2n) is 5.57. The van der Waals surface area contributed by atoms with Gasteiger partial charge in [-0.1, -0.05) is 12.8 Å². The number of hydrogen-bond acceptors (Lipinski definition) is 3. The van der Waals surface area contributed by atoms with Crippen LogP contribution in [0.1, 0.15) is 38.5 Å². The van der Waals surface area contributed by atoms with E-state index >= 15 is 0 Å². The van der Waals surface area contributed by atoms with Crippen LogP contribution in [0.2, 0.25) is 0 Å². The van der Waals surface area contributed by atoms with Crippen molar-refractivity contribution in [3.63, 3.8) is 0 Å². The van der Waals surface area contributed by atoms with Crippen molar-refractivity contribution in [2.45, 2.75) is 50.8 Å². The van der Waals surface area contributed by atoms with E-state index < -0.39 is 24.7 Å². The molecule has 0 aromatic heterocycles. The first-order valence-corrected chi connectivity index (χ1v) is 7.18. The number of halogens is 3. The van der Waals surface area contributed by atoms with Crippen LogP contribution in [-0.4, -0.2) is 42.1 Å². The molecule has 1 atom stereocenters. The van der Waals surface area contributed by atoms with Crippen molar-refractivity contribution in [3.8, 4) is 0 Å². The summed E-state index contributed by atoms with van der Waals surface area (Å²) in [6, 6.07) is 0. The molecule has 2 aliphatic rings. The monoisotopic (exact) mass is 308 g/mol. The Labute approximate surface area is 120 Å². The number of alkyl halides is 3. The minimum Gasteiger partial charge on any atom is -0.331 e. The lowest BCUT2D eigenvalue weighted by molar-refractivity contribution is -0.178. The van der Waals surface area contributed by atoms with Crippen LogP contribution in [0.4, 0.5) is 13.2 Å². The van der Waals surface area contributed by atoms with Gasteiger partial charge in [0, 0.05) is 12.5 Å². The molecule has 1 aliphatic heterocycles. The van der Waals surface area contributed by atoms with Gasteiger partial charge in [-0.15, -0.1) is 0 Å². The number of amides is 2. The number of nitrogens with one attached hydrogen (secondary N) is 1. The highest BCUT2D eigenvalue weighted by Crippen LogP contribution is 2.25. The van der Waals surface area contributed by atoms with E-state index in [0.29, 0.717) is 12.8 Å². The summed E-state index contributed by atoms with van der Waals surface area (Å²) in [5.41, 5.74) is 2.24. The van der Waals surface area contributed by atoms with Gasteiger partial charge in [0.15, 0.2) is 6.10 Å². The van der Waals surface area contributed by atoms with Crippen molar-refractivity contribution < 1.29 is 27.6 Å². The lowest BCUT2D eigenvalue weighted by Gasteiger charge is -2.32. The maximum absolute atomic E-state index is 12.4. The van der Waals surface area contributed by atoms with Crippen LogP contribution in [0.15, 0.2) is 0 Å². The summed E-state index contributed by atoms with van der Waals surface area (Å²) in [4.78, 5) is 29.4. The van der Waals surface area contributed by atoms with E-state index in [2.05, 4.69) is 5.48 Å². The molecule has 0 aromatic carbocycles. The van der Waals surface area contributed by atoms with Gasteiger partial charge in [-0.3, -0.25) is 14.4 Å². The zero-order chi connectivity index (χ0) is 15.5. The summed E-state index contributed by atoms with van der Waals surface area (Å²) < 4.78 is 37.1. The smallest absolute Gasteiger partial charge is 0.331 e. The van der Waals surface area contributed by atoms with E-state index in [0.717, 1.165) is 30.6 Å². The number of nitrogens with zero attached hydrogens (tertiary/aromatic N) is 1. The standard InChI is InChI=1S/C13H19F3N2O3/c14-13(15,16)8-18-7-3-6-10(12(18)20)21-17-11(19)9-4-1-2-5-9/h9-10H,1-8H2,(H,17,19). The molecule has 0 aromatic rings. The van der Waals surface area contributed by atoms with Crippen LogP contribution in [0.5, 0.6) is 0 Å². The van der Waals surface area contributed by atoms with Gasteiger partial charge in [-0.2, -0.15) is 13.2 Å². The summed E-state index contributed by atoms with van der Waals surface area (Å²) in [5.74, 6) is -1.12. The Morgan fingerprint density at radius 1 is 1.24 bits per heavy atom. The summed E-state index contributed by atoms with van der Waals surface area (Å²) >= 11 is 0. The summed E-state index contributed by atoms with van der Waals surface area (Å²) in [5, 5.41) is 0. The average molecular weight is 308 g/mol. The maximum atomic E-state index is 12.4. The quantitative estimate of drug-likeness (QED) is 0.805. The van der Waals surface area contributed by atoms with Gasteiger partial charge < -0.3 is 4.90 Å². The molecular formula is C13H19F3N2O3. The third kappa shape index (κ3) is 4.59. The molecule has 120 valence electrons. The molecule has 2 amide bonds. The largest absolute Gasteiger partial charge is 0.406 e. The van der Waals surface area contributed by atoms with E-state index in [1.54, 1.807) is 0 Å². The van der Waals surface area contributed by atoms with Gasteiger partial charge in [-0.05, 0) is 25.7 Å². The van der Waals surface area contributed by atoms with Crippen molar-refractivity contribution >= 4 is 11.8 Å². The molecular weight excluding hydrogens is 289 g/mol. The van der Waals surface area contributed by atoms with E-state index in [4.69, 9.17) is 4.84 Å². The summed E-state index contributed by atoms with van der Waals surface area (Å²) in [6.45, 7) is -1.21. The first kappa shape index (κ1) is 16.1. The van der Waals surface area contributed by atoms with Crippen molar-refractivity contribution in [2.24, 2.45) is 5.92 Å². The highest BCUT2D eigenvalue weighted by Gasteiger charge is 2.38. The predicted octanol–water partition coefficient (Wildman–Crippen LogP) is 1.78. The van der Waals surface area contributed by atoms with E-state index in [1.807, 2.05) is 0 Å². The Kier molecular flexibility index (Phi) is 5.08. The molecule has 1 heterocycles. The zero-order valence-corrected chi connectivity index (χ0v) is 11.6. The summed E-state index contributed by atoms with van der Waals surface area (Å²) in [6.07, 6.45) is -1.16. The SMILES string of the molecule is O=C(NOC1CCCN(CC(F)(F)F)C1=O)C1CCCC1. The third-order valence-corrected chi connectivity index (χ3v) is 3.88. The van der Waals surface area contributed by atoms with E-state index in [1.165, 1.54) is 0 Å². The molecule has 8 heteroatoms. The Bertz CT molecular complexity index is 395. The topological polar surface area (TPSA) is 58.6 Å². The van der Waals surface area contributed by atoms with Crippen molar-refractivity contribution in [1.29, 1.82) is 0 Å². The van der Waals surface area contributed by atoms with Crippen LogP contribution in [0.25, 0.3) is 0 Å². The number of likely N-dealkylation sites (tertiary alicyclic amines) is 1. The minimum atomic E-state index is -4.43. The lowest BCUT2D eigenvalue weighted by atomic mass is 10.1. The predicted molar refractivity (Wildman–Crippen MR) is 66.8 cm³/mol. The molecule has 1 unspecified atom stereocenters. The molecule has 1 saturated carbocycles. The molecule has 5 nitrogen and oxygen atoms in total. The molecule has 0 spiro atoms. The Balaban J connectivity index is 1.82. The Morgan fingerprint density at radius 3 is 2.52 bits per heavy atom. The molecule has 2 rings (SSSR count). The van der Waals surface area contributed by atoms with Gasteiger partial charge in [0.1, 0.15) is 6.54 Å². The van der Waals surface area contributed by atoms with Crippen molar-refractivity contribution in [3.05, 3.63) is 0 Å². The molecule has 1 saturated heterocycles. The number of carbonyl (C=O) groups excluding carboxylic acids is 2. The molecule has 21 heavy (non-hydrogen) atoms. The van der Waals surface area contributed by atoms with Crippen molar-refractivity contribution in [2.75, 3.05) is 13.1 Å². The van der Waals surface area contributed by atoms with E-state index in [-0.39, 0.29) is 18.4 Å². The zero-order valence-electron chi connectivity index (χ0n) is 11.6. The van der Waals surface area contributed by atoms with E-state index in [9.17, 15) is 22.8 Å². The van der Waals surface area contributed by atoms with Crippen LogP contribution in [-0.2, 0) is 14.4 Å². The maximum Gasteiger partial charge on any atom is 0.406 e. The van der Waals surface area contributed by atoms with Crippen molar-refractivity contribution in [1.82, 2.24) is 10.4 Å². The fourth-order valence-corrected chi connectivity index (χ4v) is 2.79. The molecule has 0 bridgehead atoms. The summed E-state index contributed by atoms with van der Waals surface area (Å²) in [7, 11) is 0. The minimum absolute atomic E-state index is 0.0643. The van der Waals surface area contributed by atoms with Crippen LogP contribution in [0, 0.1) is 5.92 Å². The fraction of sp³-hybridized carbons (Fsp3) is 0.846. The van der Waals surface area contributed by atoms with Gasteiger partial charge in [0.25, 0.3) is 5.91 Å². The highest BCUT2D eigenvalue weighted by atomic mass is 19.4. The number of piperidine rings is 1. The van der Waals surface area contributed by atoms with Crippen LogP contribution in [0.3, 0.4) is 0 Å². The van der Waals surface area contributed by atoms with Crippen LogP contribution < -0.4 is 5.48 Å². The first-order chi connectivity index (χ1) is 9.87. The number of carbonyl (C=O) groups is 2. The van der Waals surface area contributed by atoms with Crippen LogP contribution >= 0.6 is 0 Å². The number of rotatable bonds is 4.